The van der Waals surface area contributed by atoms with Crippen LogP contribution in [0.25, 0.3) is 0 Å². The molecule has 0 radical (unpaired) electrons. The zero-order valence-electron chi connectivity index (χ0n) is 11.9. The molecule has 0 aliphatic heterocycles. The van der Waals surface area contributed by atoms with Gasteiger partial charge in [-0.1, -0.05) is 17.7 Å². The Morgan fingerprint density at radius 1 is 1.30 bits per heavy atom. The molecule has 1 heterocycles. The fourth-order valence-corrected chi connectivity index (χ4v) is 3.31. The summed E-state index contributed by atoms with van der Waals surface area (Å²) in [5.74, 6) is 1.16. The van der Waals surface area contributed by atoms with Crippen molar-refractivity contribution in [1.82, 2.24) is 10.3 Å². The molecule has 2 aromatic rings. The summed E-state index contributed by atoms with van der Waals surface area (Å²) in [5, 5.41) is 6.78. The van der Waals surface area contributed by atoms with Crippen molar-refractivity contribution >= 4 is 22.9 Å². The van der Waals surface area contributed by atoms with Crippen LogP contribution in [-0.4, -0.2) is 26.3 Å². The smallest absolute Gasteiger partial charge is 0.179 e. The van der Waals surface area contributed by atoms with E-state index in [4.69, 9.17) is 21.1 Å². The van der Waals surface area contributed by atoms with Crippen molar-refractivity contribution in [2.45, 2.75) is 13.0 Å². The molecule has 0 amide bonds. The molecular weight excluding hydrogens is 296 g/mol. The van der Waals surface area contributed by atoms with E-state index >= 15 is 0 Å². The molecule has 1 aromatic heterocycles. The SMILES string of the molecule is CNC(c1nc(C)cs1)c1ccc(OC)c(OC)c1Cl. The van der Waals surface area contributed by atoms with Crippen LogP contribution < -0.4 is 14.8 Å². The number of halogens is 1. The molecule has 108 valence electrons. The molecule has 2 rings (SSSR count). The van der Waals surface area contributed by atoms with Gasteiger partial charge in [-0.3, -0.25) is 0 Å². The summed E-state index contributed by atoms with van der Waals surface area (Å²) < 4.78 is 10.6. The third kappa shape index (κ3) is 2.75. The molecule has 0 aliphatic rings. The molecule has 0 saturated carbocycles. The van der Waals surface area contributed by atoms with Crippen molar-refractivity contribution in [2.24, 2.45) is 0 Å². The van der Waals surface area contributed by atoms with Gasteiger partial charge in [0, 0.05) is 11.1 Å². The molecule has 0 bridgehead atoms. The van der Waals surface area contributed by atoms with Crippen LogP contribution in [0.15, 0.2) is 17.5 Å². The topological polar surface area (TPSA) is 43.4 Å². The molecule has 0 saturated heterocycles. The molecule has 0 spiro atoms. The van der Waals surface area contributed by atoms with Crippen molar-refractivity contribution < 1.29 is 9.47 Å². The maximum atomic E-state index is 6.45. The highest BCUT2D eigenvalue weighted by Gasteiger charge is 2.22. The summed E-state index contributed by atoms with van der Waals surface area (Å²) in [6.07, 6.45) is 0. The first-order valence-electron chi connectivity index (χ1n) is 6.12. The van der Waals surface area contributed by atoms with Gasteiger partial charge in [0.2, 0.25) is 0 Å². The van der Waals surface area contributed by atoms with E-state index in [9.17, 15) is 0 Å². The van der Waals surface area contributed by atoms with Gasteiger partial charge in [0.1, 0.15) is 5.01 Å². The van der Waals surface area contributed by atoms with Gasteiger partial charge in [-0.15, -0.1) is 11.3 Å². The van der Waals surface area contributed by atoms with Crippen LogP contribution in [0.2, 0.25) is 5.02 Å². The fourth-order valence-electron chi connectivity index (χ4n) is 2.04. The molecule has 0 aliphatic carbocycles. The van der Waals surface area contributed by atoms with E-state index in [-0.39, 0.29) is 6.04 Å². The standard InChI is InChI=1S/C14H17ClN2O2S/c1-8-7-20-14(17-8)12(16-2)9-5-6-10(18-3)13(19-4)11(9)15/h5-7,12,16H,1-4H3. The van der Waals surface area contributed by atoms with E-state index in [2.05, 4.69) is 10.3 Å². The van der Waals surface area contributed by atoms with Crippen LogP contribution in [-0.2, 0) is 0 Å². The number of hydrogen-bond donors (Lipinski definition) is 1. The van der Waals surface area contributed by atoms with Crippen molar-refractivity contribution in [1.29, 1.82) is 0 Å². The number of methoxy groups -OCH3 is 2. The van der Waals surface area contributed by atoms with Crippen LogP contribution in [0.5, 0.6) is 11.5 Å². The highest BCUT2D eigenvalue weighted by molar-refractivity contribution is 7.09. The summed E-state index contributed by atoms with van der Waals surface area (Å²) in [7, 11) is 5.05. The first-order valence-corrected chi connectivity index (χ1v) is 7.37. The predicted octanol–water partition coefficient (Wildman–Crippen LogP) is 3.43. The highest BCUT2D eigenvalue weighted by Crippen LogP contribution is 2.41. The first kappa shape index (κ1) is 15.1. The summed E-state index contributed by atoms with van der Waals surface area (Å²) in [6.45, 7) is 1.98. The Morgan fingerprint density at radius 2 is 2.05 bits per heavy atom. The second-order valence-corrected chi connectivity index (χ2v) is 5.52. The number of aromatic nitrogens is 1. The molecule has 6 heteroatoms. The normalized spacial score (nSPS) is 12.2. The molecular formula is C14H17ClN2O2S. The first-order chi connectivity index (χ1) is 9.62. The number of ether oxygens (including phenoxy) is 2. The second-order valence-electron chi connectivity index (χ2n) is 4.25. The average molecular weight is 313 g/mol. The Bertz CT molecular complexity index is 601. The lowest BCUT2D eigenvalue weighted by atomic mass is 10.1. The number of hydrogen-bond acceptors (Lipinski definition) is 5. The van der Waals surface area contributed by atoms with E-state index in [0.717, 1.165) is 16.3 Å². The minimum Gasteiger partial charge on any atom is -0.493 e. The van der Waals surface area contributed by atoms with Crippen LogP contribution in [0.4, 0.5) is 0 Å². The van der Waals surface area contributed by atoms with Gasteiger partial charge in [0.25, 0.3) is 0 Å². The Labute approximate surface area is 127 Å². The van der Waals surface area contributed by atoms with Crippen molar-refractivity contribution in [3.8, 4) is 11.5 Å². The van der Waals surface area contributed by atoms with E-state index in [0.29, 0.717) is 16.5 Å². The van der Waals surface area contributed by atoms with Gasteiger partial charge in [-0.2, -0.15) is 0 Å². The van der Waals surface area contributed by atoms with Crippen molar-refractivity contribution in [2.75, 3.05) is 21.3 Å². The van der Waals surface area contributed by atoms with Gasteiger partial charge >= 0.3 is 0 Å². The number of nitrogens with zero attached hydrogens (tertiary/aromatic N) is 1. The van der Waals surface area contributed by atoms with E-state index < -0.39 is 0 Å². The molecule has 0 fully saturated rings. The lowest BCUT2D eigenvalue weighted by Crippen LogP contribution is -2.18. The van der Waals surface area contributed by atoms with Crippen LogP contribution in [0.1, 0.15) is 22.3 Å². The number of benzene rings is 1. The number of nitrogens with one attached hydrogen (secondary N) is 1. The summed E-state index contributed by atoms with van der Waals surface area (Å²) >= 11 is 8.06. The molecule has 4 nitrogen and oxygen atoms in total. The number of aryl methyl sites for hydroxylation is 1. The second kappa shape index (κ2) is 6.43. The predicted molar refractivity (Wildman–Crippen MR) is 82.3 cm³/mol. The molecule has 1 unspecified atom stereocenters. The lowest BCUT2D eigenvalue weighted by molar-refractivity contribution is 0.354. The quantitative estimate of drug-likeness (QED) is 0.918. The van der Waals surface area contributed by atoms with Crippen LogP contribution in [0, 0.1) is 6.92 Å². The van der Waals surface area contributed by atoms with E-state index in [1.807, 2.05) is 31.5 Å². The van der Waals surface area contributed by atoms with Gasteiger partial charge in [-0.25, -0.2) is 4.98 Å². The highest BCUT2D eigenvalue weighted by atomic mass is 35.5. The van der Waals surface area contributed by atoms with E-state index in [1.54, 1.807) is 25.6 Å². The largest absolute Gasteiger partial charge is 0.493 e. The van der Waals surface area contributed by atoms with Gasteiger partial charge in [0.05, 0.1) is 25.3 Å². The summed E-state index contributed by atoms with van der Waals surface area (Å²) in [5.41, 5.74) is 1.92. The van der Waals surface area contributed by atoms with Gasteiger partial charge < -0.3 is 14.8 Å². The Morgan fingerprint density at radius 3 is 2.55 bits per heavy atom. The summed E-state index contributed by atoms with van der Waals surface area (Å²) in [4.78, 5) is 4.52. The maximum absolute atomic E-state index is 6.45. The molecule has 1 atom stereocenters. The molecule has 20 heavy (non-hydrogen) atoms. The fraction of sp³-hybridized carbons (Fsp3) is 0.357. The Kier molecular flexibility index (Phi) is 4.86. The summed E-state index contributed by atoms with van der Waals surface area (Å²) in [6, 6.07) is 3.72. The third-order valence-corrected chi connectivity index (χ3v) is 4.42. The number of rotatable bonds is 5. The van der Waals surface area contributed by atoms with Gasteiger partial charge in [-0.05, 0) is 25.6 Å². The molecule has 1 N–H and O–H groups in total. The Hall–Kier alpha value is -1.30. The van der Waals surface area contributed by atoms with Crippen LogP contribution >= 0.6 is 22.9 Å². The van der Waals surface area contributed by atoms with Crippen LogP contribution in [0.3, 0.4) is 0 Å². The van der Waals surface area contributed by atoms with Crippen molar-refractivity contribution in [3.05, 3.63) is 38.8 Å². The number of thiazole rings is 1. The minimum absolute atomic E-state index is 0.0685. The van der Waals surface area contributed by atoms with E-state index in [1.165, 1.54) is 0 Å². The monoisotopic (exact) mass is 312 g/mol. The average Bonchev–Trinajstić information content (AvgIpc) is 2.87. The van der Waals surface area contributed by atoms with Crippen molar-refractivity contribution in [3.63, 3.8) is 0 Å². The maximum Gasteiger partial charge on any atom is 0.179 e. The lowest BCUT2D eigenvalue weighted by Gasteiger charge is -2.18. The zero-order valence-corrected chi connectivity index (χ0v) is 13.4. The molecule has 1 aromatic carbocycles. The minimum atomic E-state index is -0.0685. The Balaban J connectivity index is 2.50. The zero-order chi connectivity index (χ0) is 14.7. The third-order valence-electron chi connectivity index (χ3n) is 3.00. The van der Waals surface area contributed by atoms with Gasteiger partial charge in [0.15, 0.2) is 11.5 Å².